The van der Waals surface area contributed by atoms with E-state index in [-0.39, 0.29) is 11.2 Å². The Morgan fingerprint density at radius 2 is 1.81 bits per heavy atom. The molecule has 32 heavy (non-hydrogen) atoms. The van der Waals surface area contributed by atoms with Crippen molar-refractivity contribution in [2.75, 3.05) is 13.1 Å². The zero-order valence-electron chi connectivity index (χ0n) is 17.4. The van der Waals surface area contributed by atoms with Crippen LogP contribution >= 0.6 is 0 Å². The van der Waals surface area contributed by atoms with Crippen molar-refractivity contribution in [2.24, 2.45) is 5.92 Å². The van der Waals surface area contributed by atoms with Gasteiger partial charge in [0.2, 0.25) is 0 Å². The normalized spacial score (nSPS) is 22.4. The number of nitrogens with one attached hydrogen (secondary N) is 1. The summed E-state index contributed by atoms with van der Waals surface area (Å²) in [6.45, 7) is 1.28. The fourth-order valence-corrected chi connectivity index (χ4v) is 4.95. The van der Waals surface area contributed by atoms with Gasteiger partial charge in [-0.05, 0) is 50.0 Å². The van der Waals surface area contributed by atoms with E-state index in [1.807, 2.05) is 6.07 Å². The van der Waals surface area contributed by atoms with Crippen LogP contribution in [0.25, 0.3) is 5.65 Å². The van der Waals surface area contributed by atoms with Crippen LogP contribution in [-0.4, -0.2) is 33.3 Å². The molecule has 1 aliphatic carbocycles. The van der Waals surface area contributed by atoms with Crippen molar-refractivity contribution >= 4 is 5.65 Å². The van der Waals surface area contributed by atoms with Crippen LogP contribution in [0.4, 0.5) is 13.2 Å². The molecule has 1 atom stereocenters. The highest BCUT2D eigenvalue weighted by atomic mass is 19.4. The Hall–Kier alpha value is -2.81. The largest absolute Gasteiger partial charge is 0.479 e. The Labute approximate surface area is 182 Å². The minimum absolute atomic E-state index is 0.0479. The standard InChI is InChI=1S/C23H23F3N4O2/c24-23(25,26)19-15(7-12-30-18(13-14-5-6-14)28-29-21(19)30)20-22(8-10-27-11-9-22)32-17-4-2-1-3-16(17)31-20/h1-4,7,12,14,20,27H,5-6,8-11,13H2. The third-order valence-electron chi connectivity index (χ3n) is 6.75. The molecule has 6 rings (SSSR count). The van der Waals surface area contributed by atoms with E-state index in [0.29, 0.717) is 55.6 Å². The lowest BCUT2D eigenvalue weighted by Crippen LogP contribution is -2.54. The van der Waals surface area contributed by atoms with Crippen molar-refractivity contribution in [1.82, 2.24) is 19.9 Å². The molecule has 3 aliphatic rings. The lowest BCUT2D eigenvalue weighted by atomic mass is 9.80. The first-order valence-electron chi connectivity index (χ1n) is 11.0. The number of nitrogens with zero attached hydrogens (tertiary/aromatic N) is 3. The number of piperidine rings is 1. The number of hydrogen-bond acceptors (Lipinski definition) is 5. The molecule has 1 unspecified atom stereocenters. The Balaban J connectivity index is 1.52. The van der Waals surface area contributed by atoms with Gasteiger partial charge < -0.3 is 14.8 Å². The summed E-state index contributed by atoms with van der Waals surface area (Å²) in [4.78, 5) is 0. The monoisotopic (exact) mass is 444 g/mol. The second-order valence-electron chi connectivity index (χ2n) is 8.96. The van der Waals surface area contributed by atoms with Crippen molar-refractivity contribution < 1.29 is 22.6 Å². The lowest BCUT2D eigenvalue weighted by Gasteiger charge is -2.47. The highest BCUT2D eigenvalue weighted by molar-refractivity contribution is 5.56. The molecule has 9 heteroatoms. The molecule has 2 aliphatic heterocycles. The van der Waals surface area contributed by atoms with E-state index in [1.165, 1.54) is 10.5 Å². The predicted molar refractivity (Wildman–Crippen MR) is 110 cm³/mol. The molecule has 4 heterocycles. The molecule has 2 aromatic heterocycles. The van der Waals surface area contributed by atoms with Gasteiger partial charge in [-0.3, -0.25) is 4.40 Å². The fourth-order valence-electron chi connectivity index (χ4n) is 4.95. The van der Waals surface area contributed by atoms with E-state index in [9.17, 15) is 13.2 Å². The molecule has 168 valence electrons. The number of halogens is 3. The number of alkyl halides is 3. The molecule has 1 saturated carbocycles. The second kappa shape index (κ2) is 7.10. The van der Waals surface area contributed by atoms with Crippen molar-refractivity contribution in [3.63, 3.8) is 0 Å². The van der Waals surface area contributed by atoms with Gasteiger partial charge in [0.15, 0.2) is 28.9 Å². The van der Waals surface area contributed by atoms with Crippen molar-refractivity contribution in [2.45, 2.75) is 50.0 Å². The van der Waals surface area contributed by atoms with Crippen LogP contribution in [0.15, 0.2) is 36.5 Å². The zero-order valence-corrected chi connectivity index (χ0v) is 17.4. The molecule has 0 amide bonds. The van der Waals surface area contributed by atoms with Gasteiger partial charge in [0, 0.05) is 31.0 Å². The maximum Gasteiger partial charge on any atom is 0.420 e. The number of para-hydroxylation sites is 2. The minimum atomic E-state index is -4.61. The van der Waals surface area contributed by atoms with Crippen LogP contribution in [0.1, 0.15) is 48.7 Å². The minimum Gasteiger partial charge on any atom is -0.479 e. The Morgan fingerprint density at radius 1 is 1.06 bits per heavy atom. The first kappa shape index (κ1) is 19.8. The van der Waals surface area contributed by atoms with Gasteiger partial charge in [0.05, 0.1) is 0 Å². The smallest absolute Gasteiger partial charge is 0.420 e. The summed E-state index contributed by atoms with van der Waals surface area (Å²) in [7, 11) is 0. The summed E-state index contributed by atoms with van der Waals surface area (Å²) in [6, 6.07) is 8.67. The summed E-state index contributed by atoms with van der Waals surface area (Å²) in [6.07, 6.45) is 0.00747. The zero-order chi connectivity index (χ0) is 21.9. The van der Waals surface area contributed by atoms with Crippen LogP contribution in [0, 0.1) is 5.92 Å². The van der Waals surface area contributed by atoms with Crippen LogP contribution in [0.2, 0.25) is 0 Å². The number of rotatable bonds is 3. The highest BCUT2D eigenvalue weighted by Crippen LogP contribution is 2.51. The Morgan fingerprint density at radius 3 is 2.53 bits per heavy atom. The molecule has 0 radical (unpaired) electrons. The molecular weight excluding hydrogens is 421 g/mol. The van der Waals surface area contributed by atoms with E-state index >= 15 is 0 Å². The van der Waals surface area contributed by atoms with Gasteiger partial charge in [-0.15, -0.1) is 10.2 Å². The highest BCUT2D eigenvalue weighted by Gasteiger charge is 2.51. The summed E-state index contributed by atoms with van der Waals surface area (Å²) in [5.41, 5.74) is -1.81. The van der Waals surface area contributed by atoms with E-state index in [4.69, 9.17) is 9.47 Å². The fraction of sp³-hybridized carbons (Fsp3) is 0.478. The van der Waals surface area contributed by atoms with Crippen LogP contribution in [-0.2, 0) is 12.6 Å². The summed E-state index contributed by atoms with van der Waals surface area (Å²) in [5, 5.41) is 11.4. The quantitative estimate of drug-likeness (QED) is 0.652. The maximum atomic E-state index is 14.5. The number of hydrogen-bond donors (Lipinski definition) is 1. The van der Waals surface area contributed by atoms with Crippen LogP contribution in [0.5, 0.6) is 11.5 Å². The predicted octanol–water partition coefficient (Wildman–Crippen LogP) is 4.34. The topological polar surface area (TPSA) is 60.7 Å². The van der Waals surface area contributed by atoms with Crippen LogP contribution < -0.4 is 14.8 Å². The average molecular weight is 444 g/mol. The van der Waals surface area contributed by atoms with Crippen molar-refractivity contribution in [3.05, 3.63) is 53.5 Å². The van der Waals surface area contributed by atoms with E-state index < -0.39 is 23.4 Å². The van der Waals surface area contributed by atoms with E-state index in [0.717, 1.165) is 12.8 Å². The first-order chi connectivity index (χ1) is 15.4. The summed E-state index contributed by atoms with van der Waals surface area (Å²) in [5.74, 6) is 2.07. The molecule has 1 saturated heterocycles. The molecule has 0 bridgehead atoms. The lowest BCUT2D eigenvalue weighted by molar-refractivity contribution is -0.141. The molecule has 1 spiro atoms. The number of benzene rings is 1. The molecule has 6 nitrogen and oxygen atoms in total. The number of aromatic nitrogens is 3. The first-order valence-corrected chi connectivity index (χ1v) is 11.0. The Kier molecular flexibility index (Phi) is 4.40. The van der Waals surface area contributed by atoms with Gasteiger partial charge in [0.1, 0.15) is 11.4 Å². The maximum absolute atomic E-state index is 14.5. The second-order valence-corrected chi connectivity index (χ2v) is 8.96. The van der Waals surface area contributed by atoms with Gasteiger partial charge in [-0.2, -0.15) is 13.2 Å². The van der Waals surface area contributed by atoms with Gasteiger partial charge >= 0.3 is 6.18 Å². The number of fused-ring (bicyclic) bond motifs is 2. The summed E-state index contributed by atoms with van der Waals surface area (Å²) < 4.78 is 57.6. The number of ether oxygens (including phenoxy) is 2. The third kappa shape index (κ3) is 3.21. The van der Waals surface area contributed by atoms with E-state index in [1.54, 1.807) is 24.4 Å². The SMILES string of the molecule is FC(F)(F)c1c(C2Oc3ccccc3OC23CCNCC3)ccn2c(CC3CC3)nnc12. The van der Waals surface area contributed by atoms with Gasteiger partial charge in [0.25, 0.3) is 0 Å². The van der Waals surface area contributed by atoms with Crippen LogP contribution in [0.3, 0.4) is 0 Å². The summed E-state index contributed by atoms with van der Waals surface area (Å²) >= 11 is 0. The molecule has 3 aromatic rings. The van der Waals surface area contributed by atoms with Crippen molar-refractivity contribution in [3.8, 4) is 11.5 Å². The van der Waals surface area contributed by atoms with Gasteiger partial charge in [-0.25, -0.2) is 0 Å². The Bertz CT molecular complexity index is 1170. The average Bonchev–Trinajstić information content (AvgIpc) is 3.51. The molecule has 1 aromatic carbocycles. The third-order valence-corrected chi connectivity index (χ3v) is 6.75. The van der Waals surface area contributed by atoms with E-state index in [2.05, 4.69) is 15.5 Å². The van der Waals surface area contributed by atoms with Gasteiger partial charge in [-0.1, -0.05) is 12.1 Å². The molecule has 1 N–H and O–H groups in total. The molecule has 2 fully saturated rings. The molecular formula is C23H23F3N4O2. The number of pyridine rings is 1. The van der Waals surface area contributed by atoms with Crippen molar-refractivity contribution in [1.29, 1.82) is 0 Å².